The summed E-state index contributed by atoms with van der Waals surface area (Å²) in [5.74, 6) is 1.38. The summed E-state index contributed by atoms with van der Waals surface area (Å²) in [7, 11) is 1.63. The highest BCUT2D eigenvalue weighted by atomic mass is 79.9. The standard InChI is InChI=1S/C15H12BrNO2/c1-18-13-7-5-11(6-8-13)10-19-15-12(9-17)3-2-4-14(15)16/h2-8H,10H2,1H3. The molecule has 0 unspecified atom stereocenters. The van der Waals surface area contributed by atoms with E-state index in [1.807, 2.05) is 36.4 Å². The van der Waals surface area contributed by atoms with Crippen LogP contribution < -0.4 is 9.47 Å². The average molecular weight is 318 g/mol. The number of methoxy groups -OCH3 is 1. The lowest BCUT2D eigenvalue weighted by Gasteiger charge is -2.10. The van der Waals surface area contributed by atoms with E-state index < -0.39 is 0 Å². The van der Waals surface area contributed by atoms with E-state index >= 15 is 0 Å². The van der Waals surface area contributed by atoms with Crippen LogP contribution in [0.4, 0.5) is 0 Å². The molecule has 2 aromatic carbocycles. The molecule has 19 heavy (non-hydrogen) atoms. The molecule has 0 aromatic heterocycles. The van der Waals surface area contributed by atoms with Crippen LogP contribution in [0.2, 0.25) is 0 Å². The number of nitriles is 1. The first kappa shape index (κ1) is 13.4. The number of hydrogen-bond donors (Lipinski definition) is 0. The quantitative estimate of drug-likeness (QED) is 0.858. The number of ether oxygens (including phenoxy) is 2. The Balaban J connectivity index is 2.12. The molecule has 2 rings (SSSR count). The summed E-state index contributed by atoms with van der Waals surface area (Å²) in [6.07, 6.45) is 0. The Morgan fingerprint density at radius 3 is 2.53 bits per heavy atom. The van der Waals surface area contributed by atoms with Crippen LogP contribution in [0.25, 0.3) is 0 Å². The molecule has 0 saturated carbocycles. The third-order valence-electron chi connectivity index (χ3n) is 2.63. The third-order valence-corrected chi connectivity index (χ3v) is 3.25. The van der Waals surface area contributed by atoms with Gasteiger partial charge in [0.25, 0.3) is 0 Å². The molecular weight excluding hydrogens is 306 g/mol. The molecule has 0 atom stereocenters. The minimum Gasteiger partial charge on any atom is -0.497 e. The lowest BCUT2D eigenvalue weighted by atomic mass is 10.2. The van der Waals surface area contributed by atoms with E-state index in [0.717, 1.165) is 15.8 Å². The fourth-order valence-electron chi connectivity index (χ4n) is 1.62. The molecule has 4 heteroatoms. The van der Waals surface area contributed by atoms with Crippen molar-refractivity contribution in [1.29, 1.82) is 5.26 Å². The maximum absolute atomic E-state index is 9.04. The predicted molar refractivity (Wildman–Crippen MR) is 76.2 cm³/mol. The number of hydrogen-bond acceptors (Lipinski definition) is 3. The molecule has 0 fully saturated rings. The van der Waals surface area contributed by atoms with Gasteiger partial charge in [0, 0.05) is 0 Å². The van der Waals surface area contributed by atoms with E-state index in [-0.39, 0.29) is 0 Å². The SMILES string of the molecule is COc1ccc(COc2c(Br)cccc2C#N)cc1. The van der Waals surface area contributed by atoms with E-state index in [9.17, 15) is 0 Å². The highest BCUT2D eigenvalue weighted by molar-refractivity contribution is 9.10. The van der Waals surface area contributed by atoms with Gasteiger partial charge in [-0.15, -0.1) is 0 Å². The van der Waals surface area contributed by atoms with E-state index in [4.69, 9.17) is 14.7 Å². The van der Waals surface area contributed by atoms with Gasteiger partial charge in [0.1, 0.15) is 18.4 Å². The maximum atomic E-state index is 9.04. The van der Waals surface area contributed by atoms with Crippen LogP contribution in [-0.4, -0.2) is 7.11 Å². The molecule has 0 aliphatic rings. The molecule has 96 valence electrons. The van der Waals surface area contributed by atoms with Crippen LogP contribution in [0.15, 0.2) is 46.9 Å². The monoisotopic (exact) mass is 317 g/mol. The zero-order chi connectivity index (χ0) is 13.7. The molecule has 0 aliphatic heterocycles. The maximum Gasteiger partial charge on any atom is 0.151 e. The molecule has 3 nitrogen and oxygen atoms in total. The Kier molecular flexibility index (Phi) is 4.43. The van der Waals surface area contributed by atoms with E-state index in [1.54, 1.807) is 13.2 Å². The minimum absolute atomic E-state index is 0.404. The molecule has 0 aliphatic carbocycles. The first-order chi connectivity index (χ1) is 9.24. The summed E-state index contributed by atoms with van der Waals surface area (Å²) in [6, 6.07) is 15.1. The largest absolute Gasteiger partial charge is 0.497 e. The molecule has 0 spiro atoms. The Hall–Kier alpha value is -1.99. The average Bonchev–Trinajstić information content (AvgIpc) is 2.46. The molecule has 0 radical (unpaired) electrons. The van der Waals surface area contributed by atoms with Crippen LogP contribution in [-0.2, 0) is 6.61 Å². The van der Waals surface area contributed by atoms with Crippen LogP contribution in [0.3, 0.4) is 0 Å². The minimum atomic E-state index is 0.404. The van der Waals surface area contributed by atoms with Gasteiger partial charge in [0.15, 0.2) is 5.75 Å². The number of halogens is 1. The van der Waals surface area contributed by atoms with Crippen molar-refractivity contribution in [3.05, 3.63) is 58.1 Å². The fourth-order valence-corrected chi connectivity index (χ4v) is 2.10. The molecule has 0 saturated heterocycles. The highest BCUT2D eigenvalue weighted by Gasteiger charge is 2.07. The van der Waals surface area contributed by atoms with Crippen LogP contribution in [0, 0.1) is 11.3 Å². The van der Waals surface area contributed by atoms with Crippen molar-refractivity contribution in [3.63, 3.8) is 0 Å². The van der Waals surface area contributed by atoms with Crippen molar-refractivity contribution in [2.24, 2.45) is 0 Å². The number of nitrogens with zero attached hydrogens (tertiary/aromatic N) is 1. The van der Waals surface area contributed by atoms with Gasteiger partial charge in [0.05, 0.1) is 17.1 Å². The highest BCUT2D eigenvalue weighted by Crippen LogP contribution is 2.29. The van der Waals surface area contributed by atoms with E-state index in [2.05, 4.69) is 22.0 Å². The van der Waals surface area contributed by atoms with Gasteiger partial charge in [-0.2, -0.15) is 5.26 Å². The number of para-hydroxylation sites is 1. The summed E-state index contributed by atoms with van der Waals surface area (Å²) in [6.45, 7) is 0.404. The Labute approximate surface area is 120 Å². The molecular formula is C15H12BrNO2. The summed E-state index contributed by atoms with van der Waals surface area (Å²) in [5, 5.41) is 9.04. The first-order valence-electron chi connectivity index (χ1n) is 5.69. The van der Waals surface area contributed by atoms with Gasteiger partial charge in [0.2, 0.25) is 0 Å². The molecule has 0 heterocycles. The predicted octanol–water partition coefficient (Wildman–Crippen LogP) is 3.91. The van der Waals surface area contributed by atoms with Crippen molar-refractivity contribution < 1.29 is 9.47 Å². The summed E-state index contributed by atoms with van der Waals surface area (Å²) >= 11 is 3.39. The zero-order valence-electron chi connectivity index (χ0n) is 10.4. The Morgan fingerprint density at radius 2 is 1.89 bits per heavy atom. The lowest BCUT2D eigenvalue weighted by molar-refractivity contribution is 0.303. The van der Waals surface area contributed by atoms with Gasteiger partial charge in [-0.1, -0.05) is 18.2 Å². The summed E-state index contributed by atoms with van der Waals surface area (Å²) < 4.78 is 11.6. The zero-order valence-corrected chi connectivity index (χ0v) is 12.0. The number of benzene rings is 2. The van der Waals surface area contributed by atoms with Crippen molar-refractivity contribution in [3.8, 4) is 17.6 Å². The molecule has 2 aromatic rings. The van der Waals surface area contributed by atoms with E-state index in [0.29, 0.717) is 17.9 Å². The van der Waals surface area contributed by atoms with Crippen LogP contribution in [0.1, 0.15) is 11.1 Å². The van der Waals surface area contributed by atoms with E-state index in [1.165, 1.54) is 0 Å². The first-order valence-corrected chi connectivity index (χ1v) is 6.48. The second-order valence-electron chi connectivity index (χ2n) is 3.87. The Morgan fingerprint density at radius 1 is 1.16 bits per heavy atom. The third kappa shape index (κ3) is 3.27. The van der Waals surface area contributed by atoms with Gasteiger partial charge in [-0.05, 0) is 45.8 Å². The summed E-state index contributed by atoms with van der Waals surface area (Å²) in [4.78, 5) is 0. The van der Waals surface area contributed by atoms with Crippen molar-refractivity contribution in [2.45, 2.75) is 6.61 Å². The Bertz CT molecular complexity index is 603. The van der Waals surface area contributed by atoms with Crippen LogP contribution in [0.5, 0.6) is 11.5 Å². The van der Waals surface area contributed by atoms with Gasteiger partial charge >= 0.3 is 0 Å². The summed E-state index contributed by atoms with van der Waals surface area (Å²) in [5.41, 5.74) is 1.53. The van der Waals surface area contributed by atoms with Crippen molar-refractivity contribution >= 4 is 15.9 Å². The van der Waals surface area contributed by atoms with Gasteiger partial charge in [-0.3, -0.25) is 0 Å². The lowest BCUT2D eigenvalue weighted by Crippen LogP contribution is -1.98. The molecule has 0 N–H and O–H groups in total. The number of rotatable bonds is 4. The topological polar surface area (TPSA) is 42.2 Å². The van der Waals surface area contributed by atoms with Crippen molar-refractivity contribution in [2.75, 3.05) is 7.11 Å². The van der Waals surface area contributed by atoms with Gasteiger partial charge < -0.3 is 9.47 Å². The smallest absolute Gasteiger partial charge is 0.151 e. The molecule has 0 bridgehead atoms. The fraction of sp³-hybridized carbons (Fsp3) is 0.133. The second kappa shape index (κ2) is 6.26. The van der Waals surface area contributed by atoms with Gasteiger partial charge in [-0.25, -0.2) is 0 Å². The van der Waals surface area contributed by atoms with Crippen LogP contribution >= 0.6 is 15.9 Å². The normalized spacial score (nSPS) is 9.74. The second-order valence-corrected chi connectivity index (χ2v) is 4.72. The van der Waals surface area contributed by atoms with Crippen molar-refractivity contribution in [1.82, 2.24) is 0 Å². The molecule has 0 amide bonds.